The Morgan fingerprint density at radius 3 is 1.59 bits per heavy atom. The van der Waals surface area contributed by atoms with E-state index in [1.807, 2.05) is 27.7 Å². The van der Waals surface area contributed by atoms with Gasteiger partial charge in [0.25, 0.3) is 0 Å². The van der Waals surface area contributed by atoms with Crippen LogP contribution in [0.1, 0.15) is 34.1 Å². The van der Waals surface area contributed by atoms with Crippen molar-refractivity contribution in [2.75, 3.05) is 92.8 Å². The molecule has 0 N–H and O–H groups in total. The van der Waals surface area contributed by atoms with Crippen molar-refractivity contribution in [2.24, 2.45) is 0 Å². The van der Waals surface area contributed by atoms with Crippen LogP contribution in [0.4, 0.5) is 0 Å². The van der Waals surface area contributed by atoms with E-state index >= 15 is 0 Å². The maximum Gasteiger partial charge on any atom is 0.500 e. The first-order valence-corrected chi connectivity index (χ1v) is 13.0. The Kier molecular flexibility index (Phi) is 21.1. The molecule has 9 heteroatoms. The van der Waals surface area contributed by atoms with Gasteiger partial charge in [0.05, 0.1) is 39.6 Å². The zero-order valence-electron chi connectivity index (χ0n) is 19.4. The minimum Gasteiger partial charge on any atom is -0.382 e. The maximum absolute atomic E-state index is 5.95. The van der Waals surface area contributed by atoms with E-state index in [9.17, 15) is 0 Å². The number of nitrogens with zero attached hydrogens (tertiary/aromatic N) is 1. The van der Waals surface area contributed by atoms with E-state index in [4.69, 9.17) is 32.2 Å². The standard InChI is InChI=1S/C20H45NO7Si/c1-6-23-18-19-25-15-13-21(12-14-24-17-16-22-5)11-10-20-29(26-7-2,27-8-3)28-9-4/h6-20H2,1-5H3. The summed E-state index contributed by atoms with van der Waals surface area (Å²) in [6.45, 7) is 17.0. The normalized spacial score (nSPS) is 12.2. The number of methoxy groups -OCH3 is 1. The number of ether oxygens (including phenoxy) is 4. The molecule has 0 aromatic rings. The van der Waals surface area contributed by atoms with Gasteiger partial charge in [0.15, 0.2) is 0 Å². The first kappa shape index (κ1) is 28.9. The molecule has 0 spiro atoms. The van der Waals surface area contributed by atoms with Gasteiger partial charge in [-0.05, 0) is 40.7 Å². The first-order valence-electron chi connectivity index (χ1n) is 11.0. The second-order valence-electron chi connectivity index (χ2n) is 6.34. The molecule has 0 fully saturated rings. The van der Waals surface area contributed by atoms with Crippen molar-refractivity contribution in [1.29, 1.82) is 0 Å². The van der Waals surface area contributed by atoms with E-state index < -0.39 is 8.80 Å². The van der Waals surface area contributed by atoms with Crippen molar-refractivity contribution < 1.29 is 32.2 Å². The van der Waals surface area contributed by atoms with Crippen molar-refractivity contribution in [3.8, 4) is 0 Å². The van der Waals surface area contributed by atoms with E-state index in [0.717, 1.165) is 38.7 Å². The topological polar surface area (TPSA) is 67.9 Å². The van der Waals surface area contributed by atoms with Gasteiger partial charge in [-0.25, -0.2) is 0 Å². The van der Waals surface area contributed by atoms with Crippen LogP contribution in [0, 0.1) is 0 Å². The van der Waals surface area contributed by atoms with Crippen LogP contribution in [0.5, 0.6) is 0 Å². The predicted octanol–water partition coefficient (Wildman–Crippen LogP) is 2.44. The molecule has 0 radical (unpaired) electrons. The quantitative estimate of drug-likeness (QED) is 0.178. The minimum atomic E-state index is -2.59. The second kappa shape index (κ2) is 21.1. The number of hydrogen-bond acceptors (Lipinski definition) is 8. The zero-order chi connectivity index (χ0) is 21.6. The molecule has 8 nitrogen and oxygen atoms in total. The Labute approximate surface area is 179 Å². The summed E-state index contributed by atoms with van der Waals surface area (Å²) in [6, 6.07) is 0.814. The summed E-state index contributed by atoms with van der Waals surface area (Å²) in [6.07, 6.45) is 0.948. The first-order chi connectivity index (χ1) is 14.2. The van der Waals surface area contributed by atoms with Gasteiger partial charge in [-0.3, -0.25) is 4.90 Å². The molecule has 176 valence electrons. The summed E-state index contributed by atoms with van der Waals surface area (Å²) < 4.78 is 39.5. The SMILES string of the molecule is CCOCCOCCN(CCC[Si](OCC)(OCC)OCC)CCOCCOC. The Morgan fingerprint density at radius 2 is 1.10 bits per heavy atom. The van der Waals surface area contributed by atoms with Crippen molar-refractivity contribution in [1.82, 2.24) is 4.90 Å². The Bertz CT molecular complexity index is 323. The second-order valence-corrected chi connectivity index (χ2v) is 9.07. The van der Waals surface area contributed by atoms with Gasteiger partial charge in [-0.1, -0.05) is 0 Å². The van der Waals surface area contributed by atoms with Crippen molar-refractivity contribution >= 4 is 8.80 Å². The Balaban J connectivity index is 4.44. The number of rotatable bonds is 23. The van der Waals surface area contributed by atoms with Gasteiger partial charge < -0.3 is 32.2 Å². The molecule has 0 saturated heterocycles. The van der Waals surface area contributed by atoms with Crippen LogP contribution in [0.3, 0.4) is 0 Å². The van der Waals surface area contributed by atoms with Crippen LogP contribution in [-0.2, 0) is 32.2 Å². The molecular formula is C20H45NO7Si. The van der Waals surface area contributed by atoms with Crippen LogP contribution in [0.2, 0.25) is 6.04 Å². The van der Waals surface area contributed by atoms with Gasteiger partial charge in [-0.15, -0.1) is 0 Å². The Hall–Kier alpha value is -0.103. The van der Waals surface area contributed by atoms with Gasteiger partial charge in [-0.2, -0.15) is 0 Å². The molecule has 0 aliphatic carbocycles. The van der Waals surface area contributed by atoms with E-state index in [1.54, 1.807) is 7.11 Å². The highest BCUT2D eigenvalue weighted by molar-refractivity contribution is 6.60. The molecule has 0 amide bonds. The molecule has 0 aliphatic rings. The highest BCUT2D eigenvalue weighted by Gasteiger charge is 2.39. The minimum absolute atomic E-state index is 0.608. The van der Waals surface area contributed by atoms with E-state index in [-0.39, 0.29) is 0 Å². The fourth-order valence-electron chi connectivity index (χ4n) is 2.85. The molecule has 0 atom stereocenters. The summed E-state index contributed by atoms with van der Waals surface area (Å²) in [5.41, 5.74) is 0. The zero-order valence-corrected chi connectivity index (χ0v) is 20.4. The van der Waals surface area contributed by atoms with E-state index in [2.05, 4.69) is 4.90 Å². The van der Waals surface area contributed by atoms with E-state index in [0.29, 0.717) is 59.5 Å². The Morgan fingerprint density at radius 1 is 0.586 bits per heavy atom. The van der Waals surface area contributed by atoms with Gasteiger partial charge >= 0.3 is 8.80 Å². The lowest BCUT2D eigenvalue weighted by Crippen LogP contribution is -2.46. The molecule has 0 rings (SSSR count). The summed E-state index contributed by atoms with van der Waals surface area (Å²) in [4.78, 5) is 2.36. The van der Waals surface area contributed by atoms with Crippen LogP contribution in [-0.4, -0.2) is 107 Å². The third-order valence-electron chi connectivity index (χ3n) is 4.16. The third kappa shape index (κ3) is 16.3. The van der Waals surface area contributed by atoms with Crippen LogP contribution in [0.25, 0.3) is 0 Å². The molecule has 0 heterocycles. The highest BCUT2D eigenvalue weighted by Crippen LogP contribution is 2.18. The monoisotopic (exact) mass is 439 g/mol. The molecule has 0 unspecified atom stereocenters. The third-order valence-corrected chi connectivity index (χ3v) is 7.31. The largest absolute Gasteiger partial charge is 0.500 e. The van der Waals surface area contributed by atoms with Gasteiger partial charge in [0.2, 0.25) is 0 Å². The molecule has 29 heavy (non-hydrogen) atoms. The lowest BCUT2D eigenvalue weighted by Gasteiger charge is -2.29. The van der Waals surface area contributed by atoms with Crippen molar-refractivity contribution in [3.63, 3.8) is 0 Å². The predicted molar refractivity (Wildman–Crippen MR) is 117 cm³/mol. The molecule has 0 aliphatic heterocycles. The number of hydrogen-bond donors (Lipinski definition) is 0. The van der Waals surface area contributed by atoms with Crippen molar-refractivity contribution in [3.05, 3.63) is 0 Å². The molecule has 0 aromatic heterocycles. The fourth-order valence-corrected chi connectivity index (χ4v) is 5.45. The van der Waals surface area contributed by atoms with Crippen LogP contribution in [0.15, 0.2) is 0 Å². The van der Waals surface area contributed by atoms with Crippen LogP contribution < -0.4 is 0 Å². The summed E-state index contributed by atoms with van der Waals surface area (Å²) in [5.74, 6) is 0. The lowest BCUT2D eigenvalue weighted by atomic mass is 10.4. The van der Waals surface area contributed by atoms with E-state index in [1.165, 1.54) is 0 Å². The van der Waals surface area contributed by atoms with Crippen molar-refractivity contribution in [2.45, 2.75) is 40.2 Å². The maximum atomic E-state index is 5.95. The summed E-state index contributed by atoms with van der Waals surface area (Å²) in [7, 11) is -0.905. The highest BCUT2D eigenvalue weighted by atomic mass is 28.4. The average Bonchev–Trinajstić information content (AvgIpc) is 2.70. The fraction of sp³-hybridized carbons (Fsp3) is 1.00. The molecule has 0 saturated carbocycles. The molecule has 0 aromatic carbocycles. The van der Waals surface area contributed by atoms with Gasteiger partial charge in [0, 0.05) is 52.7 Å². The molecule has 0 bridgehead atoms. The summed E-state index contributed by atoms with van der Waals surface area (Å²) >= 11 is 0. The lowest BCUT2D eigenvalue weighted by molar-refractivity contribution is 0.0307. The average molecular weight is 440 g/mol. The van der Waals surface area contributed by atoms with Gasteiger partial charge in [0.1, 0.15) is 0 Å². The van der Waals surface area contributed by atoms with Crippen LogP contribution >= 0.6 is 0 Å². The smallest absolute Gasteiger partial charge is 0.382 e. The molecular weight excluding hydrogens is 394 g/mol. The summed E-state index contributed by atoms with van der Waals surface area (Å²) in [5, 5.41) is 0.